The third-order valence-corrected chi connectivity index (χ3v) is 4.15. The van der Waals surface area contributed by atoms with Gasteiger partial charge in [-0.2, -0.15) is 0 Å². The summed E-state index contributed by atoms with van der Waals surface area (Å²) in [7, 11) is 1.73. The Balaban J connectivity index is 2.54. The number of nitrogens with one attached hydrogen (secondary N) is 1. The van der Waals surface area contributed by atoms with Gasteiger partial charge in [0.25, 0.3) is 0 Å². The van der Waals surface area contributed by atoms with Crippen molar-refractivity contribution in [3.8, 4) is 0 Å². The number of ether oxygens (including phenoxy) is 2. The summed E-state index contributed by atoms with van der Waals surface area (Å²) in [6.45, 7) is 10.5. The zero-order chi connectivity index (χ0) is 17.3. The van der Waals surface area contributed by atoms with Crippen LogP contribution in [-0.4, -0.2) is 55.5 Å². The van der Waals surface area contributed by atoms with E-state index in [0.717, 1.165) is 45.4 Å². The Hall–Kier alpha value is -0.810. The van der Waals surface area contributed by atoms with Gasteiger partial charge in [-0.3, -0.25) is 0 Å². The Labute approximate surface area is 142 Å². The van der Waals surface area contributed by atoms with Gasteiger partial charge >= 0.3 is 6.09 Å². The molecular weight excluding hydrogens is 292 g/mol. The van der Waals surface area contributed by atoms with E-state index in [1.165, 1.54) is 12.8 Å². The second-order valence-corrected chi connectivity index (χ2v) is 7.61. The first-order chi connectivity index (χ1) is 10.8. The standard InChI is InChI=1S/C18H36N2O3/c1-15(19-11-9-13-22-5)14-16-10-7-6-8-12-20(16)17(21)23-18(2,3)4/h15-16,19H,6-14H2,1-5H3. The summed E-state index contributed by atoms with van der Waals surface area (Å²) in [5, 5.41) is 3.53. The Morgan fingerprint density at radius 1 is 1.30 bits per heavy atom. The molecule has 0 spiro atoms. The van der Waals surface area contributed by atoms with Crippen molar-refractivity contribution in [1.29, 1.82) is 0 Å². The van der Waals surface area contributed by atoms with Crippen molar-refractivity contribution in [1.82, 2.24) is 10.2 Å². The normalized spacial score (nSPS) is 20.9. The van der Waals surface area contributed by atoms with Crippen LogP contribution in [0.1, 0.15) is 66.2 Å². The van der Waals surface area contributed by atoms with Gasteiger partial charge in [0.05, 0.1) is 0 Å². The molecule has 1 saturated heterocycles. The van der Waals surface area contributed by atoms with Crippen LogP contribution in [0.4, 0.5) is 4.79 Å². The number of hydrogen-bond acceptors (Lipinski definition) is 4. The molecule has 1 aliphatic heterocycles. The largest absolute Gasteiger partial charge is 0.444 e. The molecule has 0 aromatic heterocycles. The molecule has 2 unspecified atom stereocenters. The molecule has 0 radical (unpaired) electrons. The summed E-state index contributed by atoms with van der Waals surface area (Å²) in [4.78, 5) is 14.5. The van der Waals surface area contributed by atoms with Crippen molar-refractivity contribution in [2.45, 2.75) is 83.9 Å². The molecule has 0 saturated carbocycles. The lowest BCUT2D eigenvalue weighted by molar-refractivity contribution is 0.0150. The van der Waals surface area contributed by atoms with Crippen LogP contribution in [0.15, 0.2) is 0 Å². The molecule has 5 nitrogen and oxygen atoms in total. The van der Waals surface area contributed by atoms with Crippen molar-refractivity contribution in [3.05, 3.63) is 0 Å². The minimum absolute atomic E-state index is 0.156. The van der Waals surface area contributed by atoms with Crippen LogP contribution >= 0.6 is 0 Å². The maximum Gasteiger partial charge on any atom is 0.410 e. The van der Waals surface area contributed by atoms with E-state index in [2.05, 4.69) is 12.2 Å². The van der Waals surface area contributed by atoms with Crippen LogP contribution < -0.4 is 5.32 Å². The monoisotopic (exact) mass is 328 g/mol. The van der Waals surface area contributed by atoms with Gasteiger partial charge in [0.2, 0.25) is 0 Å². The van der Waals surface area contributed by atoms with Crippen LogP contribution in [0, 0.1) is 0 Å². The topological polar surface area (TPSA) is 50.8 Å². The maximum absolute atomic E-state index is 12.5. The van der Waals surface area contributed by atoms with Gasteiger partial charge in [0.15, 0.2) is 0 Å². The predicted molar refractivity (Wildman–Crippen MR) is 93.8 cm³/mol. The van der Waals surface area contributed by atoms with Gasteiger partial charge in [0.1, 0.15) is 5.60 Å². The summed E-state index contributed by atoms with van der Waals surface area (Å²) in [6, 6.07) is 0.664. The number of carbonyl (C=O) groups is 1. The van der Waals surface area contributed by atoms with Gasteiger partial charge in [-0.15, -0.1) is 0 Å². The van der Waals surface area contributed by atoms with Gasteiger partial charge in [-0.1, -0.05) is 12.8 Å². The zero-order valence-electron chi connectivity index (χ0n) is 15.7. The molecule has 5 heteroatoms. The van der Waals surface area contributed by atoms with E-state index in [-0.39, 0.29) is 12.1 Å². The van der Waals surface area contributed by atoms with E-state index in [0.29, 0.717) is 6.04 Å². The molecule has 2 atom stereocenters. The highest BCUT2D eigenvalue weighted by Gasteiger charge is 2.30. The van der Waals surface area contributed by atoms with Crippen LogP contribution in [0.25, 0.3) is 0 Å². The molecule has 23 heavy (non-hydrogen) atoms. The van der Waals surface area contributed by atoms with E-state index in [1.807, 2.05) is 25.7 Å². The van der Waals surface area contributed by atoms with E-state index in [4.69, 9.17) is 9.47 Å². The number of likely N-dealkylation sites (tertiary alicyclic amines) is 1. The minimum Gasteiger partial charge on any atom is -0.444 e. The van der Waals surface area contributed by atoms with Crippen molar-refractivity contribution in [3.63, 3.8) is 0 Å². The summed E-state index contributed by atoms with van der Waals surface area (Å²) >= 11 is 0. The second kappa shape index (κ2) is 10.1. The number of nitrogens with zero attached hydrogens (tertiary/aromatic N) is 1. The lowest BCUT2D eigenvalue weighted by Crippen LogP contribution is -2.45. The van der Waals surface area contributed by atoms with Crippen LogP contribution in [-0.2, 0) is 9.47 Å². The quantitative estimate of drug-likeness (QED) is 0.726. The maximum atomic E-state index is 12.5. The van der Waals surface area contributed by atoms with E-state index in [9.17, 15) is 4.79 Å². The molecule has 0 aromatic rings. The number of carbonyl (C=O) groups excluding carboxylic acids is 1. The highest BCUT2D eigenvalue weighted by molar-refractivity contribution is 5.68. The fourth-order valence-electron chi connectivity index (χ4n) is 3.04. The molecule has 0 bridgehead atoms. The Bertz CT molecular complexity index is 342. The van der Waals surface area contributed by atoms with Gasteiger partial charge in [-0.25, -0.2) is 4.79 Å². The summed E-state index contributed by atoms with van der Waals surface area (Å²) < 4.78 is 10.7. The lowest BCUT2D eigenvalue weighted by atomic mass is 10.0. The number of hydrogen-bond donors (Lipinski definition) is 1. The van der Waals surface area contributed by atoms with Crippen LogP contribution in [0.2, 0.25) is 0 Å². The van der Waals surface area contributed by atoms with Crippen molar-refractivity contribution >= 4 is 6.09 Å². The molecule has 1 rings (SSSR count). The lowest BCUT2D eigenvalue weighted by Gasteiger charge is -2.33. The highest BCUT2D eigenvalue weighted by atomic mass is 16.6. The number of methoxy groups -OCH3 is 1. The summed E-state index contributed by atoms with van der Waals surface area (Å²) in [5.41, 5.74) is -0.433. The Morgan fingerprint density at radius 2 is 2.04 bits per heavy atom. The van der Waals surface area contributed by atoms with Crippen LogP contribution in [0.3, 0.4) is 0 Å². The number of rotatable bonds is 7. The van der Waals surface area contributed by atoms with Crippen molar-refractivity contribution < 1.29 is 14.3 Å². The van der Waals surface area contributed by atoms with E-state index in [1.54, 1.807) is 7.11 Å². The molecule has 1 heterocycles. The smallest absolute Gasteiger partial charge is 0.410 e. The minimum atomic E-state index is -0.433. The molecule has 1 amide bonds. The first-order valence-electron chi connectivity index (χ1n) is 9.05. The fourth-order valence-corrected chi connectivity index (χ4v) is 3.04. The summed E-state index contributed by atoms with van der Waals surface area (Å²) in [5.74, 6) is 0. The molecule has 136 valence electrons. The fraction of sp³-hybridized carbons (Fsp3) is 0.944. The third-order valence-electron chi connectivity index (χ3n) is 4.15. The average molecular weight is 328 g/mol. The van der Waals surface area contributed by atoms with E-state index >= 15 is 0 Å². The highest BCUT2D eigenvalue weighted by Crippen LogP contribution is 2.23. The van der Waals surface area contributed by atoms with Gasteiger partial charge in [-0.05, 0) is 59.9 Å². The van der Waals surface area contributed by atoms with E-state index < -0.39 is 5.60 Å². The van der Waals surface area contributed by atoms with Crippen molar-refractivity contribution in [2.75, 3.05) is 26.8 Å². The van der Waals surface area contributed by atoms with Gasteiger partial charge in [0, 0.05) is 32.3 Å². The molecule has 1 N–H and O–H groups in total. The molecule has 1 fully saturated rings. The third kappa shape index (κ3) is 8.56. The zero-order valence-corrected chi connectivity index (χ0v) is 15.7. The van der Waals surface area contributed by atoms with Gasteiger partial charge < -0.3 is 19.7 Å². The first kappa shape index (κ1) is 20.2. The van der Waals surface area contributed by atoms with Crippen molar-refractivity contribution in [2.24, 2.45) is 0 Å². The van der Waals surface area contributed by atoms with Crippen LogP contribution in [0.5, 0.6) is 0 Å². The molecular formula is C18H36N2O3. The molecule has 1 aliphatic rings. The predicted octanol–water partition coefficient (Wildman–Crippen LogP) is 3.57. The SMILES string of the molecule is COCCCNC(C)CC1CCCCCN1C(=O)OC(C)(C)C. The first-order valence-corrected chi connectivity index (χ1v) is 9.05. The Morgan fingerprint density at radius 3 is 2.70 bits per heavy atom. The Kier molecular flexibility index (Phi) is 8.92. The molecule has 0 aliphatic carbocycles. The second-order valence-electron chi connectivity index (χ2n) is 7.61. The number of amides is 1. The molecule has 0 aromatic carbocycles. The average Bonchev–Trinajstić information content (AvgIpc) is 2.67. The summed E-state index contributed by atoms with van der Waals surface area (Å²) in [6.07, 6.45) is 6.38.